The standard InChI is InChI=1S/C12H19N3O6S/c1-7-10(11(13)14-21-7)22(17,18)15-12(16)8(2)20-6-9-4-3-5-19-9/h8-9H,3-6H2,1-2H3,(H2,13,14)(H,15,16). The number of nitrogen functional groups attached to an aromatic ring is 1. The molecular formula is C12H19N3O6S. The van der Waals surface area contributed by atoms with Gasteiger partial charge in [0, 0.05) is 6.61 Å². The molecule has 9 nitrogen and oxygen atoms in total. The van der Waals surface area contributed by atoms with Crippen molar-refractivity contribution in [2.75, 3.05) is 18.9 Å². The first kappa shape index (κ1) is 16.7. The Kier molecular flexibility index (Phi) is 5.04. The molecule has 0 aliphatic carbocycles. The Hall–Kier alpha value is -1.65. The second-order valence-electron chi connectivity index (χ2n) is 5.03. The van der Waals surface area contributed by atoms with E-state index in [4.69, 9.17) is 15.2 Å². The molecule has 0 radical (unpaired) electrons. The van der Waals surface area contributed by atoms with Crippen LogP contribution in [0.1, 0.15) is 25.5 Å². The monoisotopic (exact) mass is 333 g/mol. The summed E-state index contributed by atoms with van der Waals surface area (Å²) in [6.45, 7) is 3.77. The lowest BCUT2D eigenvalue weighted by atomic mass is 10.2. The maximum absolute atomic E-state index is 12.1. The van der Waals surface area contributed by atoms with E-state index in [1.165, 1.54) is 13.8 Å². The number of hydrogen-bond acceptors (Lipinski definition) is 8. The van der Waals surface area contributed by atoms with Crippen LogP contribution in [0, 0.1) is 6.92 Å². The lowest BCUT2D eigenvalue weighted by Gasteiger charge is -2.16. The molecule has 1 aliphatic rings. The first-order valence-electron chi connectivity index (χ1n) is 6.83. The zero-order valence-electron chi connectivity index (χ0n) is 12.4. The highest BCUT2D eigenvalue weighted by Gasteiger charge is 2.29. The molecule has 1 aromatic heterocycles. The number of aromatic nitrogens is 1. The van der Waals surface area contributed by atoms with Gasteiger partial charge < -0.3 is 19.7 Å². The number of anilines is 1. The van der Waals surface area contributed by atoms with Crippen LogP contribution in [0.25, 0.3) is 0 Å². The Morgan fingerprint density at radius 1 is 1.59 bits per heavy atom. The third kappa shape index (κ3) is 3.76. The van der Waals surface area contributed by atoms with E-state index in [-0.39, 0.29) is 29.2 Å². The van der Waals surface area contributed by atoms with Crippen LogP contribution in [0.5, 0.6) is 0 Å². The molecule has 3 N–H and O–H groups in total. The summed E-state index contributed by atoms with van der Waals surface area (Å²) in [4.78, 5) is 11.6. The van der Waals surface area contributed by atoms with Gasteiger partial charge in [0.1, 0.15) is 6.10 Å². The molecule has 0 bridgehead atoms. The highest BCUT2D eigenvalue weighted by Crippen LogP contribution is 2.21. The summed E-state index contributed by atoms with van der Waals surface area (Å²) in [5.74, 6) is -1.09. The van der Waals surface area contributed by atoms with Crippen LogP contribution in [0.3, 0.4) is 0 Å². The lowest BCUT2D eigenvalue weighted by molar-refractivity contribution is -0.131. The van der Waals surface area contributed by atoms with Crippen LogP contribution in [0.2, 0.25) is 0 Å². The van der Waals surface area contributed by atoms with E-state index >= 15 is 0 Å². The molecule has 2 unspecified atom stereocenters. The average Bonchev–Trinajstić information content (AvgIpc) is 3.05. The largest absolute Gasteiger partial charge is 0.380 e. The molecule has 2 rings (SSSR count). The van der Waals surface area contributed by atoms with E-state index in [0.717, 1.165) is 12.8 Å². The average molecular weight is 333 g/mol. The molecular weight excluding hydrogens is 314 g/mol. The third-order valence-corrected chi connectivity index (χ3v) is 4.77. The van der Waals surface area contributed by atoms with Crippen molar-refractivity contribution in [2.45, 2.75) is 43.8 Å². The van der Waals surface area contributed by atoms with Gasteiger partial charge >= 0.3 is 0 Å². The van der Waals surface area contributed by atoms with Gasteiger partial charge in [-0.3, -0.25) is 4.79 Å². The Labute approximate surface area is 128 Å². The fourth-order valence-electron chi connectivity index (χ4n) is 2.08. The predicted molar refractivity (Wildman–Crippen MR) is 75.4 cm³/mol. The number of nitrogens with one attached hydrogen (secondary N) is 1. The lowest BCUT2D eigenvalue weighted by Crippen LogP contribution is -2.39. The molecule has 2 atom stereocenters. The number of amides is 1. The van der Waals surface area contributed by atoms with Gasteiger partial charge in [-0.05, 0) is 26.7 Å². The second-order valence-corrected chi connectivity index (χ2v) is 6.65. The number of sulfonamides is 1. The van der Waals surface area contributed by atoms with Crippen LogP contribution in [0.4, 0.5) is 5.82 Å². The normalized spacial score (nSPS) is 20.0. The predicted octanol–water partition coefficient (Wildman–Crippen LogP) is -0.0458. The smallest absolute Gasteiger partial charge is 0.271 e. The highest BCUT2D eigenvalue weighted by molar-refractivity contribution is 7.90. The summed E-state index contributed by atoms with van der Waals surface area (Å²) in [5.41, 5.74) is 5.44. The second kappa shape index (κ2) is 6.63. The van der Waals surface area contributed by atoms with Gasteiger partial charge in [-0.2, -0.15) is 0 Å². The van der Waals surface area contributed by atoms with Crippen LogP contribution in [-0.2, 0) is 24.3 Å². The molecule has 0 aromatic carbocycles. The van der Waals surface area contributed by atoms with Crippen molar-refractivity contribution in [3.05, 3.63) is 5.76 Å². The zero-order chi connectivity index (χ0) is 16.3. The summed E-state index contributed by atoms with van der Waals surface area (Å²) in [5, 5.41) is 3.35. The Bertz CT molecular complexity index is 616. The molecule has 1 amide bonds. The molecule has 2 heterocycles. The number of nitrogens with zero attached hydrogens (tertiary/aromatic N) is 1. The molecule has 0 saturated carbocycles. The number of nitrogens with two attached hydrogens (primary N) is 1. The number of aryl methyl sites for hydroxylation is 1. The first-order chi connectivity index (χ1) is 10.3. The van der Waals surface area contributed by atoms with Gasteiger partial charge in [-0.25, -0.2) is 13.1 Å². The van der Waals surface area contributed by atoms with Crippen molar-refractivity contribution in [2.24, 2.45) is 0 Å². The van der Waals surface area contributed by atoms with E-state index in [2.05, 4.69) is 9.68 Å². The quantitative estimate of drug-likeness (QED) is 0.740. The number of carbonyl (C=O) groups is 1. The fourth-order valence-corrected chi connectivity index (χ4v) is 3.34. The van der Waals surface area contributed by atoms with Gasteiger partial charge in [0.2, 0.25) is 0 Å². The van der Waals surface area contributed by atoms with Crippen molar-refractivity contribution in [1.29, 1.82) is 0 Å². The van der Waals surface area contributed by atoms with E-state index in [0.29, 0.717) is 6.61 Å². The molecule has 1 saturated heterocycles. The summed E-state index contributed by atoms with van der Waals surface area (Å²) in [6.07, 6.45) is 0.820. The number of ether oxygens (including phenoxy) is 2. The third-order valence-electron chi connectivity index (χ3n) is 3.26. The van der Waals surface area contributed by atoms with Crippen LogP contribution >= 0.6 is 0 Å². The van der Waals surface area contributed by atoms with Crippen molar-refractivity contribution in [3.8, 4) is 0 Å². The van der Waals surface area contributed by atoms with E-state index in [9.17, 15) is 13.2 Å². The van der Waals surface area contributed by atoms with E-state index in [1.807, 2.05) is 4.72 Å². The van der Waals surface area contributed by atoms with Crippen molar-refractivity contribution < 1.29 is 27.2 Å². The minimum atomic E-state index is -4.15. The van der Waals surface area contributed by atoms with Gasteiger partial charge in [0.05, 0.1) is 12.7 Å². The number of hydrogen-bond donors (Lipinski definition) is 2. The van der Waals surface area contributed by atoms with Crippen molar-refractivity contribution >= 4 is 21.7 Å². The first-order valence-corrected chi connectivity index (χ1v) is 8.31. The number of carbonyl (C=O) groups excluding carboxylic acids is 1. The molecule has 0 spiro atoms. The maximum Gasteiger partial charge on any atom is 0.271 e. The fraction of sp³-hybridized carbons (Fsp3) is 0.667. The van der Waals surface area contributed by atoms with Crippen LogP contribution in [-0.4, -0.2) is 44.9 Å². The molecule has 22 heavy (non-hydrogen) atoms. The Balaban J connectivity index is 1.95. The summed E-state index contributed by atoms with van der Waals surface area (Å²) in [7, 11) is -4.15. The highest BCUT2D eigenvalue weighted by atomic mass is 32.2. The minimum Gasteiger partial charge on any atom is -0.380 e. The zero-order valence-corrected chi connectivity index (χ0v) is 13.2. The van der Waals surface area contributed by atoms with Crippen LogP contribution < -0.4 is 10.5 Å². The maximum atomic E-state index is 12.1. The molecule has 1 aromatic rings. The molecule has 10 heteroatoms. The molecule has 124 valence electrons. The van der Waals surface area contributed by atoms with E-state index in [1.54, 1.807) is 0 Å². The molecule has 1 aliphatic heterocycles. The minimum absolute atomic E-state index is 0.00530. The SMILES string of the molecule is Cc1onc(N)c1S(=O)(=O)NC(=O)C(C)OCC1CCCO1. The Morgan fingerprint density at radius 3 is 2.86 bits per heavy atom. The van der Waals surface area contributed by atoms with Gasteiger partial charge in [-0.1, -0.05) is 5.16 Å². The van der Waals surface area contributed by atoms with Crippen molar-refractivity contribution in [1.82, 2.24) is 9.88 Å². The topological polar surface area (TPSA) is 134 Å². The summed E-state index contributed by atoms with van der Waals surface area (Å²) in [6, 6.07) is 0. The van der Waals surface area contributed by atoms with Crippen LogP contribution in [0.15, 0.2) is 9.42 Å². The van der Waals surface area contributed by atoms with Gasteiger partial charge in [0.25, 0.3) is 15.9 Å². The summed E-state index contributed by atoms with van der Waals surface area (Å²) < 4.78 is 41.5. The van der Waals surface area contributed by atoms with Gasteiger partial charge in [0.15, 0.2) is 16.5 Å². The number of rotatable bonds is 6. The summed E-state index contributed by atoms with van der Waals surface area (Å²) >= 11 is 0. The molecule has 1 fully saturated rings. The Morgan fingerprint density at radius 2 is 2.32 bits per heavy atom. The van der Waals surface area contributed by atoms with E-state index < -0.39 is 22.0 Å². The van der Waals surface area contributed by atoms with Gasteiger partial charge in [-0.15, -0.1) is 0 Å². The van der Waals surface area contributed by atoms with Crippen molar-refractivity contribution in [3.63, 3.8) is 0 Å².